The van der Waals surface area contributed by atoms with Gasteiger partial charge in [0.25, 0.3) is 5.91 Å². The summed E-state index contributed by atoms with van der Waals surface area (Å²) in [4.78, 5) is 22.1. The van der Waals surface area contributed by atoms with Crippen LogP contribution in [0.3, 0.4) is 0 Å². The highest BCUT2D eigenvalue weighted by molar-refractivity contribution is 6.06. The maximum absolute atomic E-state index is 12.5. The predicted molar refractivity (Wildman–Crippen MR) is 74.9 cm³/mol. The van der Waals surface area contributed by atoms with E-state index in [9.17, 15) is 4.79 Å². The molecule has 5 nitrogen and oxygen atoms in total. The zero-order chi connectivity index (χ0) is 13.9. The second-order valence-electron chi connectivity index (χ2n) is 4.73. The quantitative estimate of drug-likeness (QED) is 0.854. The first-order valence-electron chi connectivity index (χ1n) is 6.56. The van der Waals surface area contributed by atoms with Gasteiger partial charge in [0.2, 0.25) is 5.95 Å². The van der Waals surface area contributed by atoms with Crippen LogP contribution in [0.5, 0.6) is 5.75 Å². The third-order valence-electron chi connectivity index (χ3n) is 3.09. The number of carbonyl (C=O) groups is 1. The molecule has 0 atom stereocenters. The zero-order valence-corrected chi connectivity index (χ0v) is 11.2. The Morgan fingerprint density at radius 1 is 1.20 bits per heavy atom. The molecule has 0 N–H and O–H groups in total. The van der Waals surface area contributed by atoms with Crippen molar-refractivity contribution in [2.45, 2.75) is 18.9 Å². The normalized spacial score (nSPS) is 13.8. The number of ether oxygens (including phenoxy) is 1. The average molecular weight is 269 g/mol. The molecular formula is C15H15N3O2. The summed E-state index contributed by atoms with van der Waals surface area (Å²) >= 11 is 0. The summed E-state index contributed by atoms with van der Waals surface area (Å²) in [6.07, 6.45) is 5.58. The first-order valence-corrected chi connectivity index (χ1v) is 6.56. The molecule has 1 amide bonds. The van der Waals surface area contributed by atoms with Crippen molar-refractivity contribution in [3.8, 4) is 5.75 Å². The summed E-state index contributed by atoms with van der Waals surface area (Å²) in [7, 11) is 1.66. The van der Waals surface area contributed by atoms with Gasteiger partial charge >= 0.3 is 0 Å². The van der Waals surface area contributed by atoms with Gasteiger partial charge in [0.15, 0.2) is 0 Å². The molecule has 5 heteroatoms. The zero-order valence-electron chi connectivity index (χ0n) is 11.2. The van der Waals surface area contributed by atoms with Gasteiger partial charge in [0.05, 0.1) is 11.7 Å². The summed E-state index contributed by atoms with van der Waals surface area (Å²) in [5.41, 5.74) is 0.536. The van der Waals surface area contributed by atoms with Crippen LogP contribution in [0.25, 0.3) is 0 Å². The van der Waals surface area contributed by atoms with Crippen LogP contribution >= 0.6 is 0 Å². The van der Waals surface area contributed by atoms with Crippen molar-refractivity contribution in [1.82, 2.24) is 9.97 Å². The van der Waals surface area contributed by atoms with Crippen LogP contribution < -0.4 is 9.64 Å². The van der Waals surface area contributed by atoms with E-state index in [1.165, 1.54) is 4.90 Å². The number of anilines is 1. The minimum absolute atomic E-state index is 0.174. The van der Waals surface area contributed by atoms with Crippen molar-refractivity contribution >= 4 is 11.9 Å². The van der Waals surface area contributed by atoms with Gasteiger partial charge in [-0.25, -0.2) is 9.97 Å². The van der Waals surface area contributed by atoms with Gasteiger partial charge in [-0.1, -0.05) is 12.1 Å². The molecule has 102 valence electrons. The molecule has 0 radical (unpaired) electrons. The van der Waals surface area contributed by atoms with Crippen molar-refractivity contribution in [2.75, 3.05) is 11.9 Å². The van der Waals surface area contributed by atoms with Crippen LogP contribution in [0.4, 0.5) is 5.95 Å². The number of nitrogens with zero attached hydrogens (tertiary/aromatic N) is 3. The van der Waals surface area contributed by atoms with Crippen LogP contribution in [-0.4, -0.2) is 29.0 Å². The Kier molecular flexibility index (Phi) is 3.33. The summed E-state index contributed by atoms with van der Waals surface area (Å²) in [6.45, 7) is 0. The van der Waals surface area contributed by atoms with Crippen LogP contribution in [0.1, 0.15) is 23.2 Å². The van der Waals surface area contributed by atoms with E-state index >= 15 is 0 Å². The summed E-state index contributed by atoms with van der Waals surface area (Å²) < 4.78 is 5.78. The molecule has 1 saturated carbocycles. The predicted octanol–water partition coefficient (Wildman–Crippen LogP) is 2.29. The second kappa shape index (κ2) is 5.28. The van der Waals surface area contributed by atoms with E-state index in [1.807, 2.05) is 18.2 Å². The molecule has 1 heterocycles. The number of carbonyl (C=O) groups excluding carboxylic acids is 1. The van der Waals surface area contributed by atoms with E-state index in [-0.39, 0.29) is 12.0 Å². The molecule has 1 aromatic heterocycles. The van der Waals surface area contributed by atoms with E-state index in [0.29, 0.717) is 17.3 Å². The van der Waals surface area contributed by atoms with Crippen LogP contribution in [0.15, 0.2) is 42.7 Å². The average Bonchev–Trinajstić information content (AvgIpc) is 3.31. The summed E-state index contributed by atoms with van der Waals surface area (Å²) in [6, 6.07) is 9.00. The third kappa shape index (κ3) is 2.61. The fraction of sp³-hybridized carbons (Fsp3) is 0.267. The number of hydrogen-bond donors (Lipinski definition) is 0. The van der Waals surface area contributed by atoms with Gasteiger partial charge in [0, 0.05) is 19.4 Å². The monoisotopic (exact) mass is 269 g/mol. The molecule has 2 aromatic rings. The molecule has 0 unspecified atom stereocenters. The molecule has 1 aliphatic carbocycles. The fourth-order valence-electron chi connectivity index (χ4n) is 1.85. The maximum Gasteiger partial charge on any atom is 0.264 e. The van der Waals surface area contributed by atoms with E-state index in [1.54, 1.807) is 31.6 Å². The van der Waals surface area contributed by atoms with Crippen molar-refractivity contribution < 1.29 is 9.53 Å². The smallest absolute Gasteiger partial charge is 0.264 e. The minimum Gasteiger partial charge on any atom is -0.490 e. The van der Waals surface area contributed by atoms with Gasteiger partial charge in [-0.15, -0.1) is 0 Å². The number of amides is 1. The summed E-state index contributed by atoms with van der Waals surface area (Å²) in [5, 5.41) is 0. The molecule has 0 spiro atoms. The molecule has 0 aliphatic heterocycles. The van der Waals surface area contributed by atoms with Gasteiger partial charge in [-0.3, -0.25) is 9.69 Å². The molecule has 0 saturated heterocycles. The van der Waals surface area contributed by atoms with Crippen molar-refractivity contribution in [3.05, 3.63) is 48.3 Å². The number of aromatic nitrogens is 2. The molecule has 1 aliphatic rings. The van der Waals surface area contributed by atoms with E-state index in [4.69, 9.17) is 4.74 Å². The van der Waals surface area contributed by atoms with Gasteiger partial charge < -0.3 is 4.74 Å². The lowest BCUT2D eigenvalue weighted by Crippen LogP contribution is -2.28. The topological polar surface area (TPSA) is 55.3 Å². The molecule has 1 fully saturated rings. The number of hydrogen-bond acceptors (Lipinski definition) is 4. The highest BCUT2D eigenvalue weighted by Gasteiger charge is 2.26. The molecule has 3 rings (SSSR count). The minimum atomic E-state index is -0.174. The second-order valence-corrected chi connectivity index (χ2v) is 4.73. The Hall–Kier alpha value is -2.43. The Morgan fingerprint density at radius 3 is 2.60 bits per heavy atom. The Morgan fingerprint density at radius 2 is 1.90 bits per heavy atom. The lowest BCUT2D eigenvalue weighted by molar-refractivity contribution is 0.0987. The van der Waals surface area contributed by atoms with E-state index in [0.717, 1.165) is 12.8 Å². The largest absolute Gasteiger partial charge is 0.490 e. The third-order valence-corrected chi connectivity index (χ3v) is 3.09. The van der Waals surface area contributed by atoms with Crippen LogP contribution in [-0.2, 0) is 0 Å². The first kappa shape index (κ1) is 12.6. The molecular weight excluding hydrogens is 254 g/mol. The van der Waals surface area contributed by atoms with Crippen molar-refractivity contribution in [1.29, 1.82) is 0 Å². The van der Waals surface area contributed by atoms with Gasteiger partial charge in [-0.05, 0) is 31.0 Å². The Labute approximate surface area is 117 Å². The Balaban J connectivity index is 1.86. The highest BCUT2D eigenvalue weighted by Crippen LogP contribution is 2.29. The number of benzene rings is 1. The van der Waals surface area contributed by atoms with Crippen LogP contribution in [0.2, 0.25) is 0 Å². The standard InChI is InChI=1S/C15H15N3O2/c1-18(15-16-9-4-10-17-15)14(19)12-5-2-3-6-13(12)20-11-7-8-11/h2-6,9-11H,7-8H2,1H3. The number of para-hydroxylation sites is 1. The van der Waals surface area contributed by atoms with Gasteiger partial charge in [-0.2, -0.15) is 0 Å². The first-order chi connectivity index (χ1) is 9.75. The fourth-order valence-corrected chi connectivity index (χ4v) is 1.85. The van der Waals surface area contributed by atoms with Gasteiger partial charge in [0.1, 0.15) is 5.75 Å². The molecule has 20 heavy (non-hydrogen) atoms. The summed E-state index contributed by atoms with van der Waals surface area (Å²) in [5.74, 6) is 0.828. The van der Waals surface area contributed by atoms with E-state index in [2.05, 4.69) is 9.97 Å². The lowest BCUT2D eigenvalue weighted by atomic mass is 10.2. The molecule has 1 aromatic carbocycles. The lowest BCUT2D eigenvalue weighted by Gasteiger charge is -2.17. The maximum atomic E-state index is 12.5. The van der Waals surface area contributed by atoms with E-state index < -0.39 is 0 Å². The Bertz CT molecular complexity index is 612. The molecule has 0 bridgehead atoms. The highest BCUT2D eigenvalue weighted by atomic mass is 16.5. The van der Waals surface area contributed by atoms with Crippen molar-refractivity contribution in [3.63, 3.8) is 0 Å². The number of rotatable bonds is 4. The van der Waals surface area contributed by atoms with Crippen molar-refractivity contribution in [2.24, 2.45) is 0 Å². The van der Waals surface area contributed by atoms with Crippen LogP contribution in [0, 0.1) is 0 Å². The SMILES string of the molecule is CN(C(=O)c1ccccc1OC1CC1)c1ncccn1.